The molecule has 1 aliphatic heterocycles. The van der Waals surface area contributed by atoms with Crippen LogP contribution in [0.25, 0.3) is 0 Å². The van der Waals surface area contributed by atoms with E-state index in [2.05, 4.69) is 10.1 Å². The summed E-state index contributed by atoms with van der Waals surface area (Å²) < 4.78 is 1.88. The molecule has 0 radical (unpaired) electrons. The SMILES string of the molecule is NCC(Cc1nc2n(n1)CCCC2)C(=O)O. The Labute approximate surface area is 93.5 Å². The van der Waals surface area contributed by atoms with Crippen molar-refractivity contribution < 1.29 is 9.90 Å². The predicted octanol–water partition coefficient (Wildman–Crippen LogP) is -0.184. The van der Waals surface area contributed by atoms with Gasteiger partial charge in [0, 0.05) is 25.9 Å². The number of aryl methyl sites for hydroxylation is 2. The fourth-order valence-corrected chi connectivity index (χ4v) is 1.91. The van der Waals surface area contributed by atoms with Crippen molar-refractivity contribution in [2.45, 2.75) is 32.2 Å². The lowest BCUT2D eigenvalue weighted by Crippen LogP contribution is -2.25. The van der Waals surface area contributed by atoms with Gasteiger partial charge in [-0.3, -0.25) is 4.79 Å². The molecule has 1 aromatic heterocycles. The van der Waals surface area contributed by atoms with Gasteiger partial charge in [0.1, 0.15) is 5.82 Å². The van der Waals surface area contributed by atoms with Crippen LogP contribution in [-0.4, -0.2) is 32.4 Å². The molecule has 0 saturated heterocycles. The number of fused-ring (bicyclic) bond motifs is 1. The van der Waals surface area contributed by atoms with E-state index in [9.17, 15) is 4.79 Å². The summed E-state index contributed by atoms with van der Waals surface area (Å²) in [7, 11) is 0. The van der Waals surface area contributed by atoms with Crippen LogP contribution in [0.4, 0.5) is 0 Å². The zero-order valence-electron chi connectivity index (χ0n) is 9.09. The number of nitrogens with two attached hydrogens (primary N) is 1. The van der Waals surface area contributed by atoms with Crippen molar-refractivity contribution in [3.05, 3.63) is 11.6 Å². The zero-order valence-corrected chi connectivity index (χ0v) is 9.09. The third-order valence-corrected chi connectivity index (χ3v) is 2.88. The summed E-state index contributed by atoms with van der Waals surface area (Å²) in [6.07, 6.45) is 3.52. The minimum atomic E-state index is -0.879. The summed E-state index contributed by atoms with van der Waals surface area (Å²) >= 11 is 0. The van der Waals surface area contributed by atoms with Gasteiger partial charge < -0.3 is 10.8 Å². The van der Waals surface area contributed by atoms with E-state index < -0.39 is 11.9 Å². The van der Waals surface area contributed by atoms with Crippen LogP contribution in [0.3, 0.4) is 0 Å². The van der Waals surface area contributed by atoms with Gasteiger partial charge in [0.2, 0.25) is 0 Å². The molecule has 0 amide bonds. The van der Waals surface area contributed by atoms with E-state index in [4.69, 9.17) is 10.8 Å². The minimum Gasteiger partial charge on any atom is -0.481 e. The Morgan fingerprint density at radius 1 is 1.56 bits per heavy atom. The summed E-state index contributed by atoms with van der Waals surface area (Å²) in [6, 6.07) is 0. The van der Waals surface area contributed by atoms with E-state index in [1.54, 1.807) is 0 Å². The Hall–Kier alpha value is -1.43. The molecule has 2 rings (SSSR count). The molecule has 0 fully saturated rings. The number of hydrogen-bond acceptors (Lipinski definition) is 4. The lowest BCUT2D eigenvalue weighted by Gasteiger charge is -2.10. The fraction of sp³-hybridized carbons (Fsp3) is 0.700. The molecular formula is C10H16N4O2. The summed E-state index contributed by atoms with van der Waals surface area (Å²) in [4.78, 5) is 15.2. The molecule has 6 nitrogen and oxygen atoms in total. The van der Waals surface area contributed by atoms with Gasteiger partial charge in [-0.2, -0.15) is 5.10 Å². The van der Waals surface area contributed by atoms with Gasteiger partial charge in [0.25, 0.3) is 0 Å². The highest BCUT2D eigenvalue weighted by atomic mass is 16.4. The Morgan fingerprint density at radius 3 is 3.00 bits per heavy atom. The van der Waals surface area contributed by atoms with Crippen molar-refractivity contribution in [3.8, 4) is 0 Å². The van der Waals surface area contributed by atoms with Crippen molar-refractivity contribution in [1.82, 2.24) is 14.8 Å². The normalized spacial score (nSPS) is 16.8. The van der Waals surface area contributed by atoms with Crippen LogP contribution in [0.2, 0.25) is 0 Å². The first-order chi connectivity index (χ1) is 7.70. The highest BCUT2D eigenvalue weighted by molar-refractivity contribution is 5.70. The van der Waals surface area contributed by atoms with Crippen LogP contribution in [0.15, 0.2) is 0 Å². The van der Waals surface area contributed by atoms with Gasteiger partial charge in [0.15, 0.2) is 5.82 Å². The van der Waals surface area contributed by atoms with Crippen LogP contribution < -0.4 is 5.73 Å². The van der Waals surface area contributed by atoms with E-state index in [0.29, 0.717) is 12.2 Å². The highest BCUT2D eigenvalue weighted by Crippen LogP contribution is 2.13. The number of aliphatic carboxylic acids is 1. The monoisotopic (exact) mass is 224 g/mol. The van der Waals surface area contributed by atoms with Gasteiger partial charge in [0.05, 0.1) is 5.92 Å². The van der Waals surface area contributed by atoms with Crippen LogP contribution in [0, 0.1) is 5.92 Å². The summed E-state index contributed by atoms with van der Waals surface area (Å²) in [6.45, 7) is 1.02. The number of nitrogens with zero attached hydrogens (tertiary/aromatic N) is 3. The molecule has 3 N–H and O–H groups in total. The maximum atomic E-state index is 10.8. The average Bonchev–Trinajstić information content (AvgIpc) is 2.67. The molecule has 1 atom stereocenters. The van der Waals surface area contributed by atoms with Crippen molar-refractivity contribution in [2.24, 2.45) is 11.7 Å². The minimum absolute atomic E-state index is 0.124. The lowest BCUT2D eigenvalue weighted by atomic mass is 10.1. The predicted molar refractivity (Wildman–Crippen MR) is 56.8 cm³/mol. The molecule has 0 spiro atoms. The number of carbonyl (C=O) groups is 1. The highest BCUT2D eigenvalue weighted by Gasteiger charge is 2.20. The number of carboxylic acid groups (broad SMARTS) is 1. The topological polar surface area (TPSA) is 94.0 Å². The van der Waals surface area contributed by atoms with Gasteiger partial charge in [-0.15, -0.1) is 0 Å². The standard InChI is InChI=1S/C10H16N4O2/c11-6-7(10(15)16)5-8-12-9-3-1-2-4-14(9)13-8/h7H,1-6,11H2,(H,15,16). The van der Waals surface area contributed by atoms with Crippen LogP contribution >= 0.6 is 0 Å². The first kappa shape index (κ1) is 11.1. The summed E-state index contributed by atoms with van der Waals surface area (Å²) in [5.41, 5.74) is 5.40. The van der Waals surface area contributed by atoms with E-state index in [1.165, 1.54) is 0 Å². The first-order valence-electron chi connectivity index (χ1n) is 5.56. The maximum Gasteiger partial charge on any atom is 0.308 e. The van der Waals surface area contributed by atoms with Crippen LogP contribution in [0.5, 0.6) is 0 Å². The molecule has 2 heterocycles. The van der Waals surface area contributed by atoms with E-state index >= 15 is 0 Å². The zero-order chi connectivity index (χ0) is 11.5. The molecule has 1 aliphatic rings. The molecule has 1 aromatic rings. The van der Waals surface area contributed by atoms with Gasteiger partial charge in [-0.25, -0.2) is 9.67 Å². The number of carboxylic acids is 1. The Morgan fingerprint density at radius 2 is 2.38 bits per heavy atom. The third kappa shape index (κ3) is 2.21. The molecule has 0 aromatic carbocycles. The van der Waals surface area contributed by atoms with Crippen molar-refractivity contribution in [2.75, 3.05) is 6.54 Å². The van der Waals surface area contributed by atoms with Crippen LogP contribution in [-0.2, 0) is 24.2 Å². The summed E-state index contributed by atoms with van der Waals surface area (Å²) in [5, 5.41) is 13.2. The average molecular weight is 224 g/mol. The van der Waals surface area contributed by atoms with Crippen molar-refractivity contribution in [1.29, 1.82) is 0 Å². The summed E-state index contributed by atoms with van der Waals surface area (Å²) in [5.74, 6) is 0.122. The van der Waals surface area contributed by atoms with Gasteiger partial charge in [-0.05, 0) is 12.8 Å². The number of rotatable bonds is 4. The van der Waals surface area contributed by atoms with Crippen LogP contribution in [0.1, 0.15) is 24.5 Å². The van der Waals surface area contributed by atoms with E-state index in [-0.39, 0.29) is 6.54 Å². The second kappa shape index (κ2) is 4.61. The van der Waals surface area contributed by atoms with Crippen molar-refractivity contribution >= 4 is 5.97 Å². The number of aromatic nitrogens is 3. The van der Waals surface area contributed by atoms with E-state index in [1.807, 2.05) is 4.68 Å². The second-order valence-electron chi connectivity index (χ2n) is 4.10. The smallest absolute Gasteiger partial charge is 0.308 e. The quantitative estimate of drug-likeness (QED) is 0.739. The van der Waals surface area contributed by atoms with E-state index in [0.717, 1.165) is 31.6 Å². The molecule has 0 bridgehead atoms. The third-order valence-electron chi connectivity index (χ3n) is 2.88. The molecule has 1 unspecified atom stereocenters. The Kier molecular flexibility index (Phi) is 3.19. The molecule has 16 heavy (non-hydrogen) atoms. The maximum absolute atomic E-state index is 10.8. The first-order valence-corrected chi connectivity index (χ1v) is 5.56. The Balaban J connectivity index is 2.09. The largest absolute Gasteiger partial charge is 0.481 e. The molecule has 0 saturated carbocycles. The van der Waals surface area contributed by atoms with Gasteiger partial charge in [-0.1, -0.05) is 0 Å². The molecule has 0 aliphatic carbocycles. The van der Waals surface area contributed by atoms with Crippen molar-refractivity contribution in [3.63, 3.8) is 0 Å². The van der Waals surface area contributed by atoms with Gasteiger partial charge >= 0.3 is 5.97 Å². The number of hydrogen-bond donors (Lipinski definition) is 2. The second-order valence-corrected chi connectivity index (χ2v) is 4.10. The molecule has 88 valence electrons. The fourth-order valence-electron chi connectivity index (χ4n) is 1.91. The Bertz CT molecular complexity index is 365. The molecular weight excluding hydrogens is 208 g/mol. The lowest BCUT2D eigenvalue weighted by molar-refractivity contribution is -0.141. The molecule has 6 heteroatoms.